The Hall–Kier alpha value is -1.13. The normalized spacial score (nSPS) is 10.6. The van der Waals surface area contributed by atoms with Crippen LogP contribution in [0.15, 0.2) is 39.7 Å². The lowest BCUT2D eigenvalue weighted by atomic mass is 10.1. The molecule has 0 amide bonds. The van der Waals surface area contributed by atoms with E-state index in [2.05, 4.69) is 33.2 Å². The predicted octanol–water partition coefficient (Wildman–Crippen LogP) is 3.04. The summed E-state index contributed by atoms with van der Waals surface area (Å²) in [6, 6.07) is 3.92. The van der Waals surface area contributed by atoms with Gasteiger partial charge in [-0.05, 0) is 46.1 Å². The molecule has 2 aromatic rings. The topological polar surface area (TPSA) is 38.1 Å². The number of nitrogens with zero attached hydrogens (tertiary/aromatic N) is 1. The van der Waals surface area contributed by atoms with Crippen molar-refractivity contribution < 1.29 is 4.42 Å². The van der Waals surface area contributed by atoms with E-state index in [0.717, 1.165) is 23.3 Å². The molecule has 0 fully saturated rings. The quantitative estimate of drug-likeness (QED) is 0.936. The molecule has 1 N–H and O–H groups in total. The highest BCUT2D eigenvalue weighted by Crippen LogP contribution is 2.17. The highest BCUT2D eigenvalue weighted by Gasteiger charge is 2.03. The second-order valence-corrected chi connectivity index (χ2v) is 4.45. The smallest absolute Gasteiger partial charge is 0.131 e. The number of rotatable bonds is 4. The fourth-order valence-corrected chi connectivity index (χ4v) is 1.80. The van der Waals surface area contributed by atoms with Crippen LogP contribution in [0.5, 0.6) is 0 Å². The first kappa shape index (κ1) is 11.4. The maximum atomic E-state index is 5.31. The monoisotopic (exact) mass is 280 g/mol. The van der Waals surface area contributed by atoms with E-state index >= 15 is 0 Å². The van der Waals surface area contributed by atoms with Gasteiger partial charge in [-0.3, -0.25) is 4.98 Å². The van der Waals surface area contributed by atoms with Crippen LogP contribution in [-0.2, 0) is 13.1 Å². The van der Waals surface area contributed by atoms with Gasteiger partial charge >= 0.3 is 0 Å². The fourth-order valence-electron chi connectivity index (χ4n) is 1.46. The van der Waals surface area contributed by atoms with Crippen LogP contribution in [0.1, 0.15) is 16.9 Å². The zero-order chi connectivity index (χ0) is 11.4. The zero-order valence-corrected chi connectivity index (χ0v) is 10.6. The maximum absolute atomic E-state index is 5.31. The van der Waals surface area contributed by atoms with Crippen molar-refractivity contribution in [1.82, 2.24) is 10.3 Å². The van der Waals surface area contributed by atoms with Gasteiger partial charge in [0.05, 0.1) is 17.3 Å². The van der Waals surface area contributed by atoms with Gasteiger partial charge in [-0.25, -0.2) is 0 Å². The average molecular weight is 281 g/mol. The Morgan fingerprint density at radius 3 is 2.94 bits per heavy atom. The Balaban J connectivity index is 1.89. The number of furan rings is 1. The summed E-state index contributed by atoms with van der Waals surface area (Å²) < 4.78 is 6.32. The van der Waals surface area contributed by atoms with Gasteiger partial charge in [0.1, 0.15) is 5.76 Å². The van der Waals surface area contributed by atoms with Crippen LogP contribution in [0.2, 0.25) is 0 Å². The molecule has 84 valence electrons. The van der Waals surface area contributed by atoms with Crippen molar-refractivity contribution >= 4 is 15.9 Å². The Kier molecular flexibility index (Phi) is 3.74. The van der Waals surface area contributed by atoms with Crippen molar-refractivity contribution in [3.63, 3.8) is 0 Å². The molecule has 0 unspecified atom stereocenters. The lowest BCUT2D eigenvalue weighted by Crippen LogP contribution is -2.13. The minimum atomic E-state index is 0.718. The molecule has 0 saturated carbocycles. The van der Waals surface area contributed by atoms with Crippen molar-refractivity contribution in [2.75, 3.05) is 0 Å². The van der Waals surface area contributed by atoms with Crippen LogP contribution in [0.4, 0.5) is 0 Å². The molecule has 16 heavy (non-hydrogen) atoms. The third-order valence-corrected chi connectivity index (χ3v) is 3.14. The molecule has 2 aromatic heterocycles. The molecule has 0 radical (unpaired) electrons. The Bertz CT molecular complexity index is 468. The first-order chi connectivity index (χ1) is 7.77. The van der Waals surface area contributed by atoms with E-state index in [1.54, 1.807) is 6.26 Å². The summed E-state index contributed by atoms with van der Waals surface area (Å²) in [6.07, 6.45) is 5.37. The fraction of sp³-hybridized carbons (Fsp3) is 0.250. The Morgan fingerprint density at radius 2 is 2.25 bits per heavy atom. The van der Waals surface area contributed by atoms with E-state index in [-0.39, 0.29) is 0 Å². The second-order valence-electron chi connectivity index (χ2n) is 3.60. The molecule has 0 atom stereocenters. The van der Waals surface area contributed by atoms with Gasteiger partial charge in [-0.1, -0.05) is 0 Å². The van der Waals surface area contributed by atoms with Crippen molar-refractivity contribution in [2.24, 2.45) is 0 Å². The zero-order valence-electron chi connectivity index (χ0n) is 9.03. The summed E-state index contributed by atoms with van der Waals surface area (Å²) in [4.78, 5) is 4.06. The summed E-state index contributed by atoms with van der Waals surface area (Å²) in [5.74, 6) is 0.923. The van der Waals surface area contributed by atoms with Crippen LogP contribution in [-0.4, -0.2) is 4.98 Å². The van der Waals surface area contributed by atoms with E-state index < -0.39 is 0 Å². The van der Waals surface area contributed by atoms with Crippen LogP contribution in [0.3, 0.4) is 0 Å². The number of hydrogen-bond acceptors (Lipinski definition) is 3. The molecule has 4 heteroatoms. The molecule has 0 aliphatic rings. The molecular weight excluding hydrogens is 268 g/mol. The standard InChI is InChI=1S/C12H13BrN2O/c1-9-6-14-4-2-10(9)7-15-8-12-11(13)3-5-16-12/h2-6,15H,7-8H2,1H3. The number of pyridine rings is 1. The van der Waals surface area contributed by atoms with E-state index in [1.807, 2.05) is 24.5 Å². The number of aromatic nitrogens is 1. The summed E-state index contributed by atoms with van der Waals surface area (Å²) in [5.41, 5.74) is 2.46. The maximum Gasteiger partial charge on any atom is 0.131 e. The summed E-state index contributed by atoms with van der Waals surface area (Å²) in [6.45, 7) is 3.60. The van der Waals surface area contributed by atoms with Gasteiger partial charge < -0.3 is 9.73 Å². The Morgan fingerprint density at radius 1 is 1.38 bits per heavy atom. The largest absolute Gasteiger partial charge is 0.467 e. The van der Waals surface area contributed by atoms with E-state index in [0.29, 0.717) is 0 Å². The molecule has 3 nitrogen and oxygen atoms in total. The predicted molar refractivity (Wildman–Crippen MR) is 65.9 cm³/mol. The molecular formula is C12H13BrN2O. The molecule has 0 aromatic carbocycles. The molecule has 0 aliphatic heterocycles. The molecule has 0 bridgehead atoms. The average Bonchev–Trinajstić information content (AvgIpc) is 2.67. The highest BCUT2D eigenvalue weighted by atomic mass is 79.9. The minimum Gasteiger partial charge on any atom is -0.467 e. The van der Waals surface area contributed by atoms with Crippen LogP contribution in [0, 0.1) is 6.92 Å². The Labute approximate surface area is 103 Å². The van der Waals surface area contributed by atoms with Gasteiger partial charge in [0, 0.05) is 18.9 Å². The van der Waals surface area contributed by atoms with Crippen molar-refractivity contribution in [1.29, 1.82) is 0 Å². The number of aryl methyl sites for hydroxylation is 1. The second kappa shape index (κ2) is 5.27. The molecule has 2 heterocycles. The molecule has 0 spiro atoms. The minimum absolute atomic E-state index is 0.718. The van der Waals surface area contributed by atoms with Crippen LogP contribution >= 0.6 is 15.9 Å². The SMILES string of the molecule is Cc1cnccc1CNCc1occc1Br. The van der Waals surface area contributed by atoms with E-state index in [1.165, 1.54) is 11.1 Å². The van der Waals surface area contributed by atoms with Gasteiger partial charge in [-0.15, -0.1) is 0 Å². The van der Waals surface area contributed by atoms with E-state index in [9.17, 15) is 0 Å². The van der Waals surface area contributed by atoms with Gasteiger partial charge in [0.2, 0.25) is 0 Å². The third kappa shape index (κ3) is 2.71. The third-order valence-electron chi connectivity index (χ3n) is 2.43. The lowest BCUT2D eigenvalue weighted by molar-refractivity contribution is 0.480. The molecule has 0 aliphatic carbocycles. The first-order valence-corrected chi connectivity index (χ1v) is 5.89. The summed E-state index contributed by atoms with van der Waals surface area (Å²) in [5, 5.41) is 3.33. The number of hydrogen-bond donors (Lipinski definition) is 1. The van der Waals surface area contributed by atoms with Crippen molar-refractivity contribution in [3.8, 4) is 0 Å². The van der Waals surface area contributed by atoms with Gasteiger partial charge in [0.25, 0.3) is 0 Å². The van der Waals surface area contributed by atoms with Gasteiger partial charge in [0.15, 0.2) is 0 Å². The first-order valence-electron chi connectivity index (χ1n) is 5.09. The van der Waals surface area contributed by atoms with Crippen LogP contribution < -0.4 is 5.32 Å². The van der Waals surface area contributed by atoms with Crippen LogP contribution in [0.25, 0.3) is 0 Å². The molecule has 2 rings (SSSR count). The van der Waals surface area contributed by atoms with E-state index in [4.69, 9.17) is 4.42 Å². The number of nitrogens with one attached hydrogen (secondary N) is 1. The highest BCUT2D eigenvalue weighted by molar-refractivity contribution is 9.10. The van der Waals surface area contributed by atoms with Gasteiger partial charge in [-0.2, -0.15) is 0 Å². The summed E-state index contributed by atoms with van der Waals surface area (Å²) >= 11 is 3.42. The number of halogens is 1. The molecule has 0 saturated heterocycles. The van der Waals surface area contributed by atoms with Crippen molar-refractivity contribution in [3.05, 3.63) is 52.1 Å². The summed E-state index contributed by atoms with van der Waals surface area (Å²) in [7, 11) is 0. The lowest BCUT2D eigenvalue weighted by Gasteiger charge is -2.05. The van der Waals surface area contributed by atoms with Crippen molar-refractivity contribution in [2.45, 2.75) is 20.0 Å².